The van der Waals surface area contributed by atoms with Crippen LogP contribution in [-0.2, 0) is 11.3 Å². The molecule has 1 aliphatic heterocycles. The molecule has 0 aliphatic carbocycles. The van der Waals surface area contributed by atoms with Gasteiger partial charge in [-0.05, 0) is 12.5 Å². The van der Waals surface area contributed by atoms with Gasteiger partial charge in [0.25, 0.3) is 0 Å². The highest BCUT2D eigenvalue weighted by Gasteiger charge is 2.23. The van der Waals surface area contributed by atoms with E-state index >= 15 is 0 Å². The van der Waals surface area contributed by atoms with Crippen LogP contribution in [0.15, 0.2) is 55.1 Å². The fourth-order valence-corrected chi connectivity index (χ4v) is 2.59. The molecule has 1 aromatic carbocycles. The average Bonchev–Trinajstić information content (AvgIpc) is 2.67. The number of carbonyl (C=O) groups excluding carboxylic acids is 1. The van der Waals surface area contributed by atoms with Crippen molar-refractivity contribution in [1.29, 1.82) is 0 Å². The van der Waals surface area contributed by atoms with E-state index in [1.54, 1.807) is 24.2 Å². The number of allylic oxidation sites excluding steroid dienone is 1. The maximum absolute atomic E-state index is 11.9. The van der Waals surface area contributed by atoms with Gasteiger partial charge in [0.15, 0.2) is 5.75 Å². The Bertz CT molecular complexity index is 741. The van der Waals surface area contributed by atoms with Crippen molar-refractivity contribution in [2.45, 2.75) is 13.5 Å². The topological polar surface area (TPSA) is 67.8 Å². The Balaban J connectivity index is 1.50. The summed E-state index contributed by atoms with van der Waals surface area (Å²) in [6.07, 6.45) is 2.99. The van der Waals surface area contributed by atoms with Gasteiger partial charge in [-0.3, -0.25) is 0 Å². The minimum Gasteiger partial charge on any atom is -0.486 e. The summed E-state index contributed by atoms with van der Waals surface area (Å²) in [6.45, 7) is 8.13. The van der Waals surface area contributed by atoms with Crippen LogP contribution in [0.3, 0.4) is 0 Å². The number of benzene rings is 1. The second-order valence-corrected chi connectivity index (χ2v) is 6.04. The van der Waals surface area contributed by atoms with Crippen LogP contribution < -0.4 is 9.64 Å². The standard InChI is InChI=1S/C19H22N4O3/c1-15(2)26-19(24)23-10-8-22(9-11-23)18-20-12-17(13-21-18)25-14-16-6-4-3-5-7-16/h3-7,12-13H,1,8-11,14H2,2H3. The SMILES string of the molecule is C=C(C)OC(=O)N1CCN(c2ncc(OCc3ccccc3)cn2)CC1. The molecule has 7 heteroatoms. The summed E-state index contributed by atoms with van der Waals surface area (Å²) < 4.78 is 10.7. The van der Waals surface area contributed by atoms with Gasteiger partial charge in [-0.15, -0.1) is 0 Å². The van der Waals surface area contributed by atoms with Crippen molar-refractivity contribution in [1.82, 2.24) is 14.9 Å². The lowest BCUT2D eigenvalue weighted by Crippen LogP contribution is -2.49. The molecule has 3 rings (SSSR count). The first-order valence-electron chi connectivity index (χ1n) is 8.48. The Morgan fingerprint density at radius 2 is 1.77 bits per heavy atom. The van der Waals surface area contributed by atoms with Gasteiger partial charge in [0, 0.05) is 26.2 Å². The molecule has 26 heavy (non-hydrogen) atoms. The van der Waals surface area contributed by atoms with Crippen molar-refractivity contribution < 1.29 is 14.3 Å². The van der Waals surface area contributed by atoms with Crippen molar-refractivity contribution in [2.75, 3.05) is 31.1 Å². The smallest absolute Gasteiger partial charge is 0.414 e. The Morgan fingerprint density at radius 1 is 1.12 bits per heavy atom. The van der Waals surface area contributed by atoms with Gasteiger partial charge in [0.2, 0.25) is 5.95 Å². The normalized spacial score (nSPS) is 14.0. The minimum absolute atomic E-state index is 0.359. The highest BCUT2D eigenvalue weighted by Crippen LogP contribution is 2.16. The van der Waals surface area contributed by atoms with Crippen LogP contribution in [0.25, 0.3) is 0 Å². The van der Waals surface area contributed by atoms with Crippen molar-refractivity contribution in [3.8, 4) is 5.75 Å². The molecular weight excluding hydrogens is 332 g/mol. The molecule has 0 unspecified atom stereocenters. The largest absolute Gasteiger partial charge is 0.486 e. The van der Waals surface area contributed by atoms with Crippen molar-refractivity contribution in [3.63, 3.8) is 0 Å². The summed E-state index contributed by atoms with van der Waals surface area (Å²) in [7, 11) is 0. The van der Waals surface area contributed by atoms with Gasteiger partial charge in [0.05, 0.1) is 18.2 Å². The molecule has 1 saturated heterocycles. The van der Waals surface area contributed by atoms with E-state index in [0.717, 1.165) is 5.56 Å². The van der Waals surface area contributed by atoms with E-state index in [1.165, 1.54) is 0 Å². The molecule has 2 heterocycles. The lowest BCUT2D eigenvalue weighted by molar-refractivity contribution is 0.126. The third kappa shape index (κ3) is 4.72. The van der Waals surface area contributed by atoms with Crippen LogP contribution in [0.5, 0.6) is 5.75 Å². The molecule has 0 spiro atoms. The number of piperazine rings is 1. The molecule has 0 bridgehead atoms. The number of rotatable bonds is 5. The molecule has 1 aromatic heterocycles. The number of nitrogens with zero attached hydrogens (tertiary/aromatic N) is 4. The molecule has 136 valence electrons. The fraction of sp³-hybridized carbons (Fsp3) is 0.316. The monoisotopic (exact) mass is 354 g/mol. The summed E-state index contributed by atoms with van der Waals surface area (Å²) in [6, 6.07) is 9.94. The third-order valence-corrected chi connectivity index (χ3v) is 3.95. The summed E-state index contributed by atoms with van der Waals surface area (Å²) in [5, 5.41) is 0. The molecule has 2 aromatic rings. The summed E-state index contributed by atoms with van der Waals surface area (Å²) in [5.41, 5.74) is 1.09. The quantitative estimate of drug-likeness (QED) is 0.769. The van der Waals surface area contributed by atoms with Gasteiger partial charge in [-0.25, -0.2) is 14.8 Å². The zero-order valence-electron chi connectivity index (χ0n) is 14.8. The Kier molecular flexibility index (Phi) is 5.68. The highest BCUT2D eigenvalue weighted by molar-refractivity contribution is 5.69. The first-order chi connectivity index (χ1) is 12.6. The van der Waals surface area contributed by atoms with Gasteiger partial charge in [-0.1, -0.05) is 36.9 Å². The number of aromatic nitrogens is 2. The molecule has 1 fully saturated rings. The lowest BCUT2D eigenvalue weighted by atomic mass is 10.2. The number of hydrogen-bond donors (Lipinski definition) is 0. The Labute approximate surface area is 152 Å². The number of ether oxygens (including phenoxy) is 2. The van der Waals surface area contributed by atoms with Crippen LogP contribution in [0.2, 0.25) is 0 Å². The average molecular weight is 354 g/mol. The summed E-state index contributed by atoms with van der Waals surface area (Å²) in [4.78, 5) is 24.3. The number of anilines is 1. The van der Waals surface area contributed by atoms with Crippen LogP contribution in [0, 0.1) is 0 Å². The van der Waals surface area contributed by atoms with E-state index in [1.807, 2.05) is 35.2 Å². The number of hydrogen-bond acceptors (Lipinski definition) is 6. The third-order valence-electron chi connectivity index (χ3n) is 3.95. The van der Waals surface area contributed by atoms with Gasteiger partial charge in [0.1, 0.15) is 6.61 Å². The van der Waals surface area contributed by atoms with Crippen LogP contribution in [0.4, 0.5) is 10.7 Å². The van der Waals surface area contributed by atoms with Crippen LogP contribution in [0.1, 0.15) is 12.5 Å². The van der Waals surface area contributed by atoms with E-state index < -0.39 is 0 Å². The van der Waals surface area contributed by atoms with Crippen molar-refractivity contribution in [2.24, 2.45) is 0 Å². The zero-order valence-corrected chi connectivity index (χ0v) is 14.8. The Morgan fingerprint density at radius 3 is 2.38 bits per heavy atom. The summed E-state index contributed by atoms with van der Waals surface area (Å²) in [5.74, 6) is 1.65. The Hall–Kier alpha value is -3.09. The summed E-state index contributed by atoms with van der Waals surface area (Å²) >= 11 is 0. The zero-order chi connectivity index (χ0) is 18.4. The van der Waals surface area contributed by atoms with Crippen LogP contribution in [-0.4, -0.2) is 47.1 Å². The van der Waals surface area contributed by atoms with E-state index in [0.29, 0.717) is 50.2 Å². The van der Waals surface area contributed by atoms with Gasteiger partial charge >= 0.3 is 6.09 Å². The molecule has 0 N–H and O–H groups in total. The van der Waals surface area contributed by atoms with E-state index in [2.05, 4.69) is 16.5 Å². The second kappa shape index (κ2) is 8.33. The van der Waals surface area contributed by atoms with E-state index in [9.17, 15) is 4.79 Å². The molecule has 1 aliphatic rings. The van der Waals surface area contributed by atoms with Gasteiger partial charge < -0.3 is 19.3 Å². The lowest BCUT2D eigenvalue weighted by Gasteiger charge is -2.33. The number of amides is 1. The predicted molar refractivity (Wildman–Crippen MR) is 97.9 cm³/mol. The first kappa shape index (κ1) is 17.7. The van der Waals surface area contributed by atoms with Gasteiger partial charge in [-0.2, -0.15) is 0 Å². The number of carbonyl (C=O) groups is 1. The van der Waals surface area contributed by atoms with Crippen molar-refractivity contribution >= 4 is 12.0 Å². The van der Waals surface area contributed by atoms with Crippen molar-refractivity contribution in [3.05, 3.63) is 60.6 Å². The molecule has 0 radical (unpaired) electrons. The maximum atomic E-state index is 11.9. The van der Waals surface area contributed by atoms with E-state index in [-0.39, 0.29) is 6.09 Å². The first-order valence-corrected chi connectivity index (χ1v) is 8.48. The maximum Gasteiger partial charge on any atom is 0.414 e. The molecule has 0 saturated carbocycles. The molecule has 0 atom stereocenters. The predicted octanol–water partition coefficient (Wildman–Crippen LogP) is 2.85. The molecule has 1 amide bonds. The highest BCUT2D eigenvalue weighted by atomic mass is 16.6. The van der Waals surface area contributed by atoms with Crippen LogP contribution >= 0.6 is 0 Å². The van der Waals surface area contributed by atoms with E-state index in [4.69, 9.17) is 9.47 Å². The molecule has 7 nitrogen and oxygen atoms in total. The minimum atomic E-state index is -0.359. The fourth-order valence-electron chi connectivity index (χ4n) is 2.59. The second-order valence-electron chi connectivity index (χ2n) is 6.04. The molecular formula is C19H22N4O3.